The topological polar surface area (TPSA) is 52.6 Å². The lowest BCUT2D eigenvalue weighted by Crippen LogP contribution is -2.38. The van der Waals surface area contributed by atoms with Gasteiger partial charge in [-0.1, -0.05) is 29.8 Å². The zero-order valence-electron chi connectivity index (χ0n) is 14.9. The fourth-order valence-corrected chi connectivity index (χ4v) is 2.58. The van der Waals surface area contributed by atoms with Crippen molar-refractivity contribution in [2.45, 2.75) is 19.4 Å². The molecule has 0 aliphatic heterocycles. The maximum Gasteiger partial charge on any atom is 0.193 e. The number of unbranched alkanes of at least 4 members (excludes halogenated alkanes) is 1. The molecule has 0 aliphatic carbocycles. The van der Waals surface area contributed by atoms with E-state index >= 15 is 0 Å². The Balaban J connectivity index is 1.65. The largest absolute Gasteiger partial charge is 0.370 e. The van der Waals surface area contributed by atoms with Crippen molar-refractivity contribution in [3.63, 3.8) is 0 Å². The van der Waals surface area contributed by atoms with E-state index in [9.17, 15) is 0 Å². The Morgan fingerprint density at radius 1 is 1.12 bits per heavy atom. The summed E-state index contributed by atoms with van der Waals surface area (Å²) in [5, 5.41) is 7.48. The van der Waals surface area contributed by atoms with Crippen molar-refractivity contribution in [3.8, 4) is 0 Å². The second-order valence-corrected chi connectivity index (χ2v) is 6.24. The summed E-state index contributed by atoms with van der Waals surface area (Å²) in [7, 11) is 3.84. The van der Waals surface area contributed by atoms with E-state index in [4.69, 9.17) is 11.6 Å². The van der Waals surface area contributed by atoms with E-state index in [2.05, 4.69) is 25.5 Å². The van der Waals surface area contributed by atoms with E-state index in [-0.39, 0.29) is 0 Å². The number of hydrogen-bond donors (Lipinski definition) is 2. The zero-order valence-corrected chi connectivity index (χ0v) is 15.6. The van der Waals surface area contributed by atoms with Crippen LogP contribution in [0, 0.1) is 0 Å². The standard InChI is InChI=1S/C19H26ClN5/c1-21-19(25(2)15-16-8-10-17(20)11-9-16)24-14-6-5-13-23-18-7-3-4-12-22-18/h3-4,7-12H,5-6,13-15H2,1-2H3,(H,21,24)(H,22,23). The molecule has 134 valence electrons. The molecule has 1 heterocycles. The van der Waals surface area contributed by atoms with Crippen LogP contribution in [0.1, 0.15) is 18.4 Å². The Kier molecular flexibility index (Phi) is 8.05. The minimum atomic E-state index is 0.758. The lowest BCUT2D eigenvalue weighted by Gasteiger charge is -2.22. The van der Waals surface area contributed by atoms with Crippen molar-refractivity contribution in [2.24, 2.45) is 4.99 Å². The number of halogens is 1. The smallest absolute Gasteiger partial charge is 0.193 e. The van der Waals surface area contributed by atoms with Crippen molar-refractivity contribution in [3.05, 3.63) is 59.2 Å². The first-order chi connectivity index (χ1) is 12.2. The van der Waals surface area contributed by atoms with Gasteiger partial charge in [0.05, 0.1) is 0 Å². The minimum absolute atomic E-state index is 0.758. The molecule has 2 rings (SSSR count). The number of guanidine groups is 1. The average molecular weight is 360 g/mol. The molecule has 0 spiro atoms. The third-order valence-corrected chi connectivity index (χ3v) is 4.02. The molecule has 2 aromatic rings. The zero-order chi connectivity index (χ0) is 17.9. The first kappa shape index (κ1) is 19.1. The van der Waals surface area contributed by atoms with Gasteiger partial charge in [-0.25, -0.2) is 4.98 Å². The molecule has 0 aliphatic rings. The van der Waals surface area contributed by atoms with Crippen LogP contribution >= 0.6 is 11.6 Å². The third kappa shape index (κ3) is 7.01. The van der Waals surface area contributed by atoms with Gasteiger partial charge in [-0.05, 0) is 42.7 Å². The Morgan fingerprint density at radius 2 is 1.88 bits per heavy atom. The number of aliphatic imine (C=N–C) groups is 1. The van der Waals surface area contributed by atoms with Gasteiger partial charge in [-0.2, -0.15) is 0 Å². The maximum atomic E-state index is 5.93. The van der Waals surface area contributed by atoms with Crippen LogP contribution in [0.25, 0.3) is 0 Å². The lowest BCUT2D eigenvalue weighted by molar-refractivity contribution is 0.475. The van der Waals surface area contributed by atoms with Crippen molar-refractivity contribution in [1.29, 1.82) is 0 Å². The van der Waals surface area contributed by atoms with Crippen LogP contribution in [0.3, 0.4) is 0 Å². The van der Waals surface area contributed by atoms with Crippen molar-refractivity contribution in [2.75, 3.05) is 32.5 Å². The highest BCUT2D eigenvalue weighted by Gasteiger charge is 2.06. The fraction of sp³-hybridized carbons (Fsp3) is 0.368. The van der Waals surface area contributed by atoms with Gasteiger partial charge in [0, 0.05) is 44.9 Å². The van der Waals surface area contributed by atoms with Gasteiger partial charge in [0.2, 0.25) is 0 Å². The Labute approximate surface area is 155 Å². The van der Waals surface area contributed by atoms with Gasteiger partial charge >= 0.3 is 0 Å². The number of rotatable bonds is 8. The highest BCUT2D eigenvalue weighted by atomic mass is 35.5. The molecule has 0 atom stereocenters. The predicted octanol–water partition coefficient (Wildman–Crippen LogP) is 3.63. The Morgan fingerprint density at radius 3 is 2.56 bits per heavy atom. The first-order valence-electron chi connectivity index (χ1n) is 8.50. The van der Waals surface area contributed by atoms with E-state index < -0.39 is 0 Å². The summed E-state index contributed by atoms with van der Waals surface area (Å²) in [6.07, 6.45) is 3.93. The van der Waals surface area contributed by atoms with Crippen LogP contribution in [0.2, 0.25) is 5.02 Å². The van der Waals surface area contributed by atoms with Gasteiger partial charge in [0.1, 0.15) is 5.82 Å². The summed E-state index contributed by atoms with van der Waals surface area (Å²) in [6, 6.07) is 13.8. The van der Waals surface area contributed by atoms with Gasteiger partial charge in [0.25, 0.3) is 0 Å². The molecule has 0 saturated carbocycles. The van der Waals surface area contributed by atoms with E-state index in [0.717, 1.165) is 49.3 Å². The second-order valence-electron chi connectivity index (χ2n) is 5.81. The molecular weight excluding hydrogens is 334 g/mol. The molecule has 0 fully saturated rings. The summed E-state index contributed by atoms with van der Waals surface area (Å²) >= 11 is 5.93. The minimum Gasteiger partial charge on any atom is -0.370 e. The molecule has 2 N–H and O–H groups in total. The van der Waals surface area contributed by atoms with Crippen molar-refractivity contribution in [1.82, 2.24) is 15.2 Å². The van der Waals surface area contributed by atoms with Crippen LogP contribution < -0.4 is 10.6 Å². The Bertz CT molecular complexity index is 643. The number of aromatic nitrogens is 1. The van der Waals surface area contributed by atoms with Crippen LogP contribution in [-0.2, 0) is 6.54 Å². The van der Waals surface area contributed by atoms with E-state index in [1.54, 1.807) is 6.20 Å². The summed E-state index contributed by atoms with van der Waals surface area (Å²) < 4.78 is 0. The molecule has 1 aromatic heterocycles. The van der Waals surface area contributed by atoms with E-state index in [0.29, 0.717) is 0 Å². The number of nitrogens with zero attached hydrogens (tertiary/aromatic N) is 3. The molecule has 1 aromatic carbocycles. The molecule has 6 heteroatoms. The monoisotopic (exact) mass is 359 g/mol. The molecule has 0 radical (unpaired) electrons. The van der Waals surface area contributed by atoms with Crippen molar-refractivity contribution >= 4 is 23.4 Å². The highest BCUT2D eigenvalue weighted by molar-refractivity contribution is 6.30. The third-order valence-electron chi connectivity index (χ3n) is 3.76. The summed E-state index contributed by atoms with van der Waals surface area (Å²) in [5.74, 6) is 1.82. The highest BCUT2D eigenvalue weighted by Crippen LogP contribution is 2.11. The van der Waals surface area contributed by atoms with Gasteiger partial charge in [-0.3, -0.25) is 4.99 Å². The molecule has 0 saturated heterocycles. The fourth-order valence-electron chi connectivity index (χ4n) is 2.46. The van der Waals surface area contributed by atoms with Crippen LogP contribution in [0.4, 0.5) is 5.82 Å². The number of hydrogen-bond acceptors (Lipinski definition) is 3. The summed E-state index contributed by atoms with van der Waals surface area (Å²) in [4.78, 5) is 10.7. The molecule has 5 nitrogen and oxygen atoms in total. The van der Waals surface area contributed by atoms with Crippen LogP contribution in [0.15, 0.2) is 53.7 Å². The number of pyridine rings is 1. The molecule has 25 heavy (non-hydrogen) atoms. The molecular formula is C19H26ClN5. The number of nitrogens with one attached hydrogen (secondary N) is 2. The average Bonchev–Trinajstić information content (AvgIpc) is 2.64. The second kappa shape index (κ2) is 10.6. The first-order valence-corrected chi connectivity index (χ1v) is 8.88. The molecule has 0 unspecified atom stereocenters. The predicted molar refractivity (Wildman–Crippen MR) is 106 cm³/mol. The normalized spacial score (nSPS) is 11.2. The van der Waals surface area contributed by atoms with Gasteiger partial charge in [-0.15, -0.1) is 0 Å². The SMILES string of the molecule is CN=C(NCCCCNc1ccccn1)N(C)Cc1ccc(Cl)cc1. The summed E-state index contributed by atoms with van der Waals surface area (Å²) in [6.45, 7) is 2.59. The van der Waals surface area contributed by atoms with E-state index in [1.165, 1.54) is 5.56 Å². The van der Waals surface area contributed by atoms with Crippen LogP contribution in [0.5, 0.6) is 0 Å². The lowest BCUT2D eigenvalue weighted by atomic mass is 10.2. The van der Waals surface area contributed by atoms with Crippen molar-refractivity contribution < 1.29 is 0 Å². The number of anilines is 1. The van der Waals surface area contributed by atoms with Gasteiger partial charge in [0.15, 0.2) is 5.96 Å². The number of benzene rings is 1. The van der Waals surface area contributed by atoms with Gasteiger partial charge < -0.3 is 15.5 Å². The quantitative estimate of drug-likeness (QED) is 0.429. The molecule has 0 bridgehead atoms. The molecule has 0 amide bonds. The summed E-state index contributed by atoms with van der Waals surface area (Å²) in [5.41, 5.74) is 1.20. The maximum absolute atomic E-state index is 5.93. The Hall–Kier alpha value is -2.27. The van der Waals surface area contributed by atoms with Crippen LogP contribution in [-0.4, -0.2) is 43.0 Å². The van der Waals surface area contributed by atoms with E-state index in [1.807, 2.05) is 56.6 Å².